The first kappa shape index (κ1) is 14.7. The summed E-state index contributed by atoms with van der Waals surface area (Å²) in [5.74, 6) is -0.0345. The van der Waals surface area contributed by atoms with Crippen LogP contribution in [0.25, 0.3) is 0 Å². The lowest BCUT2D eigenvalue weighted by atomic mass is 10.1. The summed E-state index contributed by atoms with van der Waals surface area (Å²) in [6.07, 6.45) is 4.20. The zero-order chi connectivity index (χ0) is 13.4. The van der Waals surface area contributed by atoms with Crippen LogP contribution in [-0.2, 0) is 14.4 Å². The minimum atomic E-state index is -0.156. The second-order valence-electron chi connectivity index (χ2n) is 4.74. The average Bonchev–Trinajstić information content (AvgIpc) is 2.37. The van der Waals surface area contributed by atoms with Gasteiger partial charge in [0, 0.05) is 38.9 Å². The highest BCUT2D eigenvalue weighted by atomic mass is 16.2. The number of amides is 2. The third-order valence-corrected chi connectivity index (χ3v) is 3.07. The van der Waals surface area contributed by atoms with Gasteiger partial charge in [0.2, 0.25) is 11.8 Å². The Morgan fingerprint density at radius 2 is 1.67 bits per heavy atom. The Bertz CT molecular complexity index is 309. The van der Waals surface area contributed by atoms with Crippen molar-refractivity contribution < 1.29 is 14.4 Å². The lowest BCUT2D eigenvalue weighted by Gasteiger charge is -2.26. The lowest BCUT2D eigenvalue weighted by molar-refractivity contribution is -0.132. The van der Waals surface area contributed by atoms with Crippen LogP contribution in [0, 0.1) is 0 Å². The van der Waals surface area contributed by atoms with Crippen LogP contribution in [0.4, 0.5) is 0 Å². The van der Waals surface area contributed by atoms with Crippen LogP contribution < -0.4 is 5.32 Å². The lowest BCUT2D eigenvalue weighted by Crippen LogP contribution is -2.37. The summed E-state index contributed by atoms with van der Waals surface area (Å²) in [5, 5.41) is 2.67. The Morgan fingerprint density at radius 3 is 2.28 bits per heavy atom. The number of Topliss-reactive ketones (excluding diaryl/α,β-unsaturated/α-hetero) is 1. The highest BCUT2D eigenvalue weighted by molar-refractivity contribution is 5.84. The molecule has 1 heterocycles. The first-order valence-corrected chi connectivity index (χ1v) is 6.63. The van der Waals surface area contributed by atoms with Crippen LogP contribution in [0.1, 0.15) is 45.4 Å². The van der Waals surface area contributed by atoms with E-state index in [4.69, 9.17) is 0 Å². The Balaban J connectivity index is 2.10. The molecule has 5 nitrogen and oxygen atoms in total. The van der Waals surface area contributed by atoms with Crippen molar-refractivity contribution in [2.75, 3.05) is 19.6 Å². The highest BCUT2D eigenvalue weighted by Crippen LogP contribution is 2.09. The molecule has 0 bridgehead atoms. The summed E-state index contributed by atoms with van der Waals surface area (Å²) in [4.78, 5) is 35.6. The van der Waals surface area contributed by atoms with Crippen molar-refractivity contribution in [1.82, 2.24) is 10.2 Å². The minimum absolute atomic E-state index is 0.00884. The second kappa shape index (κ2) is 7.84. The molecule has 1 rings (SSSR count). The maximum atomic E-state index is 11.8. The number of nitrogens with zero attached hydrogens (tertiary/aromatic N) is 1. The van der Waals surface area contributed by atoms with Crippen LogP contribution in [0.3, 0.4) is 0 Å². The number of carbonyl (C=O) groups is 3. The molecule has 0 aromatic heterocycles. The molecule has 18 heavy (non-hydrogen) atoms. The van der Waals surface area contributed by atoms with Crippen LogP contribution in [0.5, 0.6) is 0 Å². The number of piperidine rings is 1. The van der Waals surface area contributed by atoms with Crippen molar-refractivity contribution in [2.24, 2.45) is 0 Å². The van der Waals surface area contributed by atoms with Gasteiger partial charge < -0.3 is 15.0 Å². The highest BCUT2D eigenvalue weighted by Gasteiger charge is 2.15. The average molecular weight is 254 g/mol. The Hall–Kier alpha value is -1.39. The quantitative estimate of drug-likeness (QED) is 0.765. The van der Waals surface area contributed by atoms with Gasteiger partial charge >= 0.3 is 0 Å². The van der Waals surface area contributed by atoms with E-state index in [1.807, 2.05) is 4.90 Å². The third kappa shape index (κ3) is 5.80. The van der Waals surface area contributed by atoms with E-state index in [0.29, 0.717) is 13.0 Å². The number of nitrogens with one attached hydrogen (secondary N) is 1. The van der Waals surface area contributed by atoms with Gasteiger partial charge in [-0.2, -0.15) is 0 Å². The van der Waals surface area contributed by atoms with Crippen LogP contribution in [-0.4, -0.2) is 42.1 Å². The predicted molar refractivity (Wildman–Crippen MR) is 68.0 cm³/mol. The monoisotopic (exact) mass is 254 g/mol. The summed E-state index contributed by atoms with van der Waals surface area (Å²) in [5.41, 5.74) is 0. The second-order valence-corrected chi connectivity index (χ2v) is 4.74. The van der Waals surface area contributed by atoms with Crippen LogP contribution in [0.2, 0.25) is 0 Å². The van der Waals surface area contributed by atoms with E-state index in [9.17, 15) is 14.4 Å². The zero-order valence-corrected chi connectivity index (χ0v) is 11.0. The molecule has 1 saturated heterocycles. The smallest absolute Gasteiger partial charge is 0.224 e. The molecule has 0 aliphatic carbocycles. The fraction of sp³-hybridized carbons (Fsp3) is 0.769. The summed E-state index contributed by atoms with van der Waals surface area (Å²) < 4.78 is 0. The fourth-order valence-electron chi connectivity index (χ4n) is 1.99. The van der Waals surface area contributed by atoms with Gasteiger partial charge in [-0.15, -0.1) is 0 Å². The first-order valence-electron chi connectivity index (χ1n) is 6.63. The van der Waals surface area contributed by atoms with E-state index in [1.165, 1.54) is 13.3 Å². The van der Waals surface area contributed by atoms with Gasteiger partial charge in [0.05, 0.1) is 0 Å². The van der Waals surface area contributed by atoms with E-state index in [2.05, 4.69) is 5.32 Å². The van der Waals surface area contributed by atoms with Crippen LogP contribution >= 0.6 is 0 Å². The Kier molecular flexibility index (Phi) is 6.39. The molecule has 1 aliphatic heterocycles. The first-order chi connectivity index (χ1) is 8.59. The standard InChI is InChI=1S/C13H22N2O3/c1-11(16)5-6-12(17)14-8-7-13(18)15-9-3-2-4-10-15/h2-10H2,1H3,(H,14,17). The maximum absolute atomic E-state index is 11.8. The molecule has 0 atom stereocenters. The van der Waals surface area contributed by atoms with Gasteiger partial charge in [-0.1, -0.05) is 0 Å². The fourth-order valence-corrected chi connectivity index (χ4v) is 1.99. The molecule has 0 spiro atoms. The van der Waals surface area contributed by atoms with Gasteiger partial charge in [0.15, 0.2) is 0 Å². The van der Waals surface area contributed by atoms with Crippen molar-refractivity contribution in [1.29, 1.82) is 0 Å². The third-order valence-electron chi connectivity index (χ3n) is 3.07. The molecule has 102 valence electrons. The molecular formula is C13H22N2O3. The number of hydrogen-bond donors (Lipinski definition) is 1. The molecule has 2 amide bonds. The maximum Gasteiger partial charge on any atom is 0.224 e. The van der Waals surface area contributed by atoms with Crippen molar-refractivity contribution in [2.45, 2.75) is 45.4 Å². The molecule has 0 aromatic carbocycles. The minimum Gasteiger partial charge on any atom is -0.356 e. The largest absolute Gasteiger partial charge is 0.356 e. The molecular weight excluding hydrogens is 232 g/mol. The molecule has 0 unspecified atom stereocenters. The summed E-state index contributed by atoms with van der Waals surface area (Å²) in [7, 11) is 0. The van der Waals surface area contributed by atoms with Crippen molar-refractivity contribution in [3.05, 3.63) is 0 Å². The van der Waals surface area contributed by atoms with E-state index in [1.54, 1.807) is 0 Å². The Morgan fingerprint density at radius 1 is 1.00 bits per heavy atom. The topological polar surface area (TPSA) is 66.5 Å². The summed E-state index contributed by atoms with van der Waals surface area (Å²) in [6.45, 7) is 3.52. The van der Waals surface area contributed by atoms with Gasteiger partial charge in [-0.05, 0) is 26.2 Å². The SMILES string of the molecule is CC(=O)CCC(=O)NCCC(=O)N1CCCCC1. The summed E-state index contributed by atoms with van der Waals surface area (Å²) in [6, 6.07) is 0. The molecule has 5 heteroatoms. The van der Waals surface area contributed by atoms with Gasteiger partial charge in [0.25, 0.3) is 0 Å². The molecule has 0 aromatic rings. The van der Waals surface area contributed by atoms with E-state index >= 15 is 0 Å². The van der Waals surface area contributed by atoms with E-state index < -0.39 is 0 Å². The van der Waals surface area contributed by atoms with Crippen molar-refractivity contribution in [3.63, 3.8) is 0 Å². The van der Waals surface area contributed by atoms with Crippen molar-refractivity contribution in [3.8, 4) is 0 Å². The summed E-state index contributed by atoms with van der Waals surface area (Å²) >= 11 is 0. The molecule has 0 radical (unpaired) electrons. The zero-order valence-electron chi connectivity index (χ0n) is 11.0. The number of rotatable bonds is 6. The number of likely N-dealkylation sites (tertiary alicyclic amines) is 1. The number of carbonyl (C=O) groups excluding carboxylic acids is 3. The van der Waals surface area contributed by atoms with E-state index in [0.717, 1.165) is 25.9 Å². The number of hydrogen-bond acceptors (Lipinski definition) is 3. The van der Waals surface area contributed by atoms with Crippen LogP contribution in [0.15, 0.2) is 0 Å². The molecule has 1 aliphatic rings. The molecule has 1 fully saturated rings. The van der Waals surface area contributed by atoms with Gasteiger partial charge in [-0.25, -0.2) is 0 Å². The number of ketones is 1. The van der Waals surface area contributed by atoms with Crippen molar-refractivity contribution >= 4 is 17.6 Å². The molecule has 0 saturated carbocycles. The molecule has 1 N–H and O–H groups in total. The Labute approximate surface area is 108 Å². The normalized spacial score (nSPS) is 15.3. The van der Waals surface area contributed by atoms with Gasteiger partial charge in [0.1, 0.15) is 5.78 Å². The van der Waals surface area contributed by atoms with Gasteiger partial charge in [-0.3, -0.25) is 9.59 Å². The predicted octanol–water partition coefficient (Wildman–Crippen LogP) is 0.874. The van der Waals surface area contributed by atoms with E-state index in [-0.39, 0.29) is 30.4 Å².